The maximum atomic E-state index is 13.8. The summed E-state index contributed by atoms with van der Waals surface area (Å²) in [6, 6.07) is 6.51. The number of hydrogen-bond donors (Lipinski definition) is 1. The number of H-pyrrole nitrogens is 1. The van der Waals surface area contributed by atoms with Crippen LogP contribution in [0.1, 0.15) is 27.7 Å². The molecule has 0 atom stereocenters. The van der Waals surface area contributed by atoms with Crippen LogP contribution < -0.4 is 5.59 Å². The lowest BCUT2D eigenvalue weighted by Gasteiger charge is -2.32. The zero-order chi connectivity index (χ0) is 15.3. The Morgan fingerprint density at radius 3 is 2.33 bits per heavy atom. The number of hydrogen-bond acceptors (Lipinski definition) is 3. The maximum absolute atomic E-state index is 13.8. The van der Waals surface area contributed by atoms with Crippen molar-refractivity contribution in [3.63, 3.8) is 0 Å². The topological polar surface area (TPSA) is 47.1 Å². The van der Waals surface area contributed by atoms with E-state index in [1.165, 1.54) is 6.07 Å². The van der Waals surface area contributed by atoms with Crippen LogP contribution in [-0.2, 0) is 9.31 Å². The van der Waals surface area contributed by atoms with Crippen molar-refractivity contribution >= 4 is 12.7 Å². The molecular formula is C15H18BFN2O2. The zero-order valence-electron chi connectivity index (χ0n) is 12.6. The highest BCUT2D eigenvalue weighted by Crippen LogP contribution is 2.36. The first-order chi connectivity index (χ1) is 9.80. The average molecular weight is 288 g/mol. The van der Waals surface area contributed by atoms with E-state index in [1.807, 2.05) is 27.7 Å². The molecule has 0 unspecified atom stereocenters. The van der Waals surface area contributed by atoms with Crippen molar-refractivity contribution in [3.05, 3.63) is 36.3 Å². The molecule has 2 aromatic rings. The smallest absolute Gasteiger partial charge is 0.398 e. The zero-order valence-corrected chi connectivity index (χ0v) is 12.6. The summed E-state index contributed by atoms with van der Waals surface area (Å²) in [4.78, 5) is 7.32. The third kappa shape index (κ3) is 2.38. The monoisotopic (exact) mass is 288 g/mol. The molecule has 0 aliphatic carbocycles. The predicted molar refractivity (Wildman–Crippen MR) is 79.7 cm³/mol. The minimum atomic E-state index is -0.525. The first-order valence-corrected chi connectivity index (χ1v) is 6.96. The molecule has 6 heteroatoms. The van der Waals surface area contributed by atoms with E-state index >= 15 is 0 Å². The van der Waals surface area contributed by atoms with E-state index in [-0.39, 0.29) is 5.82 Å². The number of rotatable bonds is 2. The number of halogens is 1. The summed E-state index contributed by atoms with van der Waals surface area (Å²) in [5.41, 5.74) is 0.286. The van der Waals surface area contributed by atoms with Crippen LogP contribution in [0.5, 0.6) is 0 Å². The van der Waals surface area contributed by atoms with Gasteiger partial charge in [0.05, 0.1) is 22.4 Å². The van der Waals surface area contributed by atoms with E-state index in [9.17, 15) is 4.39 Å². The standard InChI is InChI=1S/C15H18BFN2O2/c1-14(2)15(3,4)21-16(20-14)12-9-18-13(19-12)10-7-5-6-8-11(10)17/h5-9H,1-4H3,(H,18,19). The van der Waals surface area contributed by atoms with Gasteiger partial charge in [-0.15, -0.1) is 0 Å². The lowest BCUT2D eigenvalue weighted by atomic mass is 9.86. The Balaban J connectivity index is 1.89. The molecule has 0 amide bonds. The molecule has 21 heavy (non-hydrogen) atoms. The second-order valence-electron chi connectivity index (χ2n) is 6.26. The molecule has 0 radical (unpaired) electrons. The second-order valence-corrected chi connectivity index (χ2v) is 6.26. The number of nitrogens with one attached hydrogen (secondary N) is 1. The molecule has 1 saturated heterocycles. The van der Waals surface area contributed by atoms with Gasteiger partial charge in [0.15, 0.2) is 0 Å². The van der Waals surface area contributed by atoms with Gasteiger partial charge in [0.25, 0.3) is 0 Å². The maximum Gasteiger partial charge on any atom is 0.513 e. The first kappa shape index (κ1) is 14.3. The molecule has 2 heterocycles. The van der Waals surface area contributed by atoms with Crippen LogP contribution in [0.15, 0.2) is 30.5 Å². The Bertz CT molecular complexity index is 653. The molecule has 3 rings (SSSR count). The van der Waals surface area contributed by atoms with Crippen molar-refractivity contribution in [3.8, 4) is 11.4 Å². The molecule has 0 bridgehead atoms. The van der Waals surface area contributed by atoms with E-state index in [4.69, 9.17) is 9.31 Å². The fourth-order valence-corrected chi connectivity index (χ4v) is 2.22. The van der Waals surface area contributed by atoms with Crippen molar-refractivity contribution in [2.75, 3.05) is 0 Å². The number of benzene rings is 1. The van der Waals surface area contributed by atoms with Gasteiger partial charge in [0, 0.05) is 6.20 Å². The molecule has 0 spiro atoms. The molecule has 1 aromatic heterocycles. The normalized spacial score (nSPS) is 20.0. The van der Waals surface area contributed by atoms with Crippen LogP contribution in [0.25, 0.3) is 11.4 Å². The SMILES string of the molecule is CC1(C)OB(c2cnc(-c3ccccc3F)[nH]2)OC1(C)C. The minimum Gasteiger partial charge on any atom is -0.398 e. The van der Waals surface area contributed by atoms with Crippen LogP contribution in [0.3, 0.4) is 0 Å². The summed E-state index contributed by atoms with van der Waals surface area (Å²) in [7, 11) is -0.525. The van der Waals surface area contributed by atoms with Crippen LogP contribution in [0.4, 0.5) is 4.39 Å². The Kier molecular flexibility index (Phi) is 3.18. The van der Waals surface area contributed by atoms with Gasteiger partial charge in [-0.3, -0.25) is 0 Å². The first-order valence-electron chi connectivity index (χ1n) is 6.96. The van der Waals surface area contributed by atoms with E-state index in [0.717, 1.165) is 0 Å². The Morgan fingerprint density at radius 2 is 1.71 bits per heavy atom. The lowest BCUT2D eigenvalue weighted by molar-refractivity contribution is 0.00578. The van der Waals surface area contributed by atoms with Gasteiger partial charge in [0.1, 0.15) is 11.6 Å². The van der Waals surface area contributed by atoms with Gasteiger partial charge in [-0.05, 0) is 39.8 Å². The van der Waals surface area contributed by atoms with Gasteiger partial charge < -0.3 is 14.3 Å². The molecule has 1 aromatic carbocycles. The van der Waals surface area contributed by atoms with Gasteiger partial charge in [0.2, 0.25) is 0 Å². The Hall–Kier alpha value is -1.66. The van der Waals surface area contributed by atoms with Crippen molar-refractivity contribution in [1.29, 1.82) is 0 Å². The highest BCUT2D eigenvalue weighted by molar-refractivity contribution is 6.61. The third-order valence-corrected chi connectivity index (χ3v) is 4.23. The van der Waals surface area contributed by atoms with Crippen molar-refractivity contribution in [1.82, 2.24) is 9.97 Å². The highest BCUT2D eigenvalue weighted by atomic mass is 19.1. The highest BCUT2D eigenvalue weighted by Gasteiger charge is 2.52. The van der Waals surface area contributed by atoms with Crippen molar-refractivity contribution in [2.45, 2.75) is 38.9 Å². The summed E-state index contributed by atoms with van der Waals surface area (Å²) in [6.07, 6.45) is 1.63. The summed E-state index contributed by atoms with van der Waals surface area (Å²) in [6.45, 7) is 7.95. The summed E-state index contributed by atoms with van der Waals surface area (Å²) in [5.74, 6) is 0.158. The van der Waals surface area contributed by atoms with Crippen LogP contribution >= 0.6 is 0 Å². The van der Waals surface area contributed by atoms with Gasteiger partial charge in [-0.2, -0.15) is 0 Å². The Labute approximate surface area is 123 Å². The van der Waals surface area contributed by atoms with E-state index < -0.39 is 18.3 Å². The molecule has 1 aliphatic rings. The molecule has 110 valence electrons. The second kappa shape index (κ2) is 4.68. The van der Waals surface area contributed by atoms with E-state index in [2.05, 4.69) is 9.97 Å². The van der Waals surface area contributed by atoms with Gasteiger partial charge in [-0.25, -0.2) is 9.37 Å². The van der Waals surface area contributed by atoms with Gasteiger partial charge >= 0.3 is 7.12 Å². The minimum absolute atomic E-state index is 0.313. The fraction of sp³-hybridized carbons (Fsp3) is 0.400. The number of nitrogens with zero attached hydrogens (tertiary/aromatic N) is 1. The van der Waals surface area contributed by atoms with Gasteiger partial charge in [-0.1, -0.05) is 12.1 Å². The number of aromatic amines is 1. The van der Waals surface area contributed by atoms with Crippen molar-refractivity contribution in [2.24, 2.45) is 0 Å². The molecular weight excluding hydrogens is 270 g/mol. The van der Waals surface area contributed by atoms with Crippen molar-refractivity contribution < 1.29 is 13.7 Å². The summed E-state index contributed by atoms with van der Waals surface area (Å²) >= 11 is 0. The van der Waals surface area contributed by atoms with E-state index in [0.29, 0.717) is 17.0 Å². The fourth-order valence-electron chi connectivity index (χ4n) is 2.22. The summed E-state index contributed by atoms with van der Waals surface area (Å²) < 4.78 is 25.7. The molecule has 4 nitrogen and oxygen atoms in total. The molecule has 0 saturated carbocycles. The number of imidazole rings is 1. The quantitative estimate of drug-likeness (QED) is 0.864. The number of aromatic nitrogens is 2. The predicted octanol–water partition coefficient (Wildman–Crippen LogP) is 2.52. The largest absolute Gasteiger partial charge is 0.513 e. The van der Waals surface area contributed by atoms with Crippen LogP contribution in [0.2, 0.25) is 0 Å². The molecule has 1 fully saturated rings. The van der Waals surface area contributed by atoms with E-state index in [1.54, 1.807) is 24.4 Å². The average Bonchev–Trinajstić information content (AvgIpc) is 2.94. The lowest BCUT2D eigenvalue weighted by Crippen LogP contribution is -2.41. The summed E-state index contributed by atoms with van der Waals surface area (Å²) in [5, 5.41) is 0. The van der Waals surface area contributed by atoms with Crippen LogP contribution in [-0.4, -0.2) is 28.3 Å². The Morgan fingerprint density at radius 1 is 1.10 bits per heavy atom. The third-order valence-electron chi connectivity index (χ3n) is 4.23. The molecule has 1 aliphatic heterocycles. The molecule has 1 N–H and O–H groups in total. The van der Waals surface area contributed by atoms with Crippen LogP contribution in [0, 0.1) is 5.82 Å².